The first-order valence-corrected chi connectivity index (χ1v) is 6.75. The molecule has 1 aliphatic heterocycles. The van der Waals surface area contributed by atoms with Gasteiger partial charge in [-0.05, 0) is 5.01 Å². The predicted molar refractivity (Wildman–Crippen MR) is 74.4 cm³/mol. The first-order valence-electron chi connectivity index (χ1n) is 6.75. The van der Waals surface area contributed by atoms with Crippen LogP contribution in [-0.2, 0) is 16.1 Å². The van der Waals surface area contributed by atoms with Crippen LogP contribution in [0.2, 0.25) is 0 Å². The van der Waals surface area contributed by atoms with E-state index in [1.54, 1.807) is 4.90 Å². The third kappa shape index (κ3) is 3.95. The van der Waals surface area contributed by atoms with Crippen LogP contribution >= 0.6 is 0 Å². The summed E-state index contributed by atoms with van der Waals surface area (Å²) in [6.45, 7) is 1.88. The summed E-state index contributed by atoms with van der Waals surface area (Å²) in [5.74, 6) is 0.163. The molecule has 118 valence electrons. The summed E-state index contributed by atoms with van der Waals surface area (Å²) in [6.07, 6.45) is 1.18. The number of ether oxygens (including phenoxy) is 2. The van der Waals surface area contributed by atoms with Gasteiger partial charge in [-0.15, -0.1) is 0 Å². The minimum Gasteiger partial charge on any atom is -0.490 e. The predicted octanol–water partition coefficient (Wildman–Crippen LogP) is 0.0773. The molecule has 1 saturated heterocycles. The van der Waals surface area contributed by atoms with E-state index in [0.717, 1.165) is 5.01 Å². The zero-order valence-electron chi connectivity index (χ0n) is 12.2. The van der Waals surface area contributed by atoms with Crippen LogP contribution in [0.1, 0.15) is 5.76 Å². The van der Waals surface area contributed by atoms with Gasteiger partial charge in [-0.1, -0.05) is 0 Å². The molecule has 0 N–H and O–H groups in total. The molecule has 1 aliphatic rings. The van der Waals surface area contributed by atoms with Crippen LogP contribution in [0, 0.1) is 5.39 Å². The second-order valence-electron chi connectivity index (χ2n) is 4.68. The normalized spacial score (nSPS) is 14.3. The number of diazo groups is 1. The van der Waals surface area contributed by atoms with Crippen molar-refractivity contribution >= 4 is 5.91 Å². The molecule has 0 aliphatic carbocycles. The van der Waals surface area contributed by atoms with E-state index in [4.69, 9.17) is 19.3 Å². The zero-order valence-corrected chi connectivity index (χ0v) is 12.2. The van der Waals surface area contributed by atoms with E-state index in [2.05, 4.69) is 5.08 Å². The fourth-order valence-corrected chi connectivity index (χ4v) is 2.04. The van der Waals surface area contributed by atoms with Crippen LogP contribution in [0.5, 0.6) is 5.75 Å². The molecule has 1 fully saturated rings. The lowest BCUT2D eigenvalue weighted by atomic mass is 10.3. The standard InChI is InChI=1S/C13H17N4O5/c1-20-12-9-22-10(6-11(12)18)7-17(15-14)8-13(19)16-2-4-21-5-3-16/h6,9H,2-5,7-8H2,1H3/q+1. The molecular weight excluding hydrogens is 292 g/mol. The van der Waals surface area contributed by atoms with E-state index in [-0.39, 0.29) is 35.9 Å². The summed E-state index contributed by atoms with van der Waals surface area (Å²) >= 11 is 0. The number of rotatable bonds is 5. The highest BCUT2D eigenvalue weighted by atomic mass is 16.5. The van der Waals surface area contributed by atoms with Gasteiger partial charge in [0, 0.05) is 19.2 Å². The van der Waals surface area contributed by atoms with E-state index in [9.17, 15) is 9.59 Å². The minimum absolute atomic E-state index is 0.00812. The van der Waals surface area contributed by atoms with Crippen LogP contribution in [0.25, 0.3) is 5.08 Å². The largest absolute Gasteiger partial charge is 0.490 e. The second-order valence-corrected chi connectivity index (χ2v) is 4.68. The van der Waals surface area contributed by atoms with E-state index < -0.39 is 0 Å². The van der Waals surface area contributed by atoms with Gasteiger partial charge in [-0.25, -0.2) is 0 Å². The third-order valence-electron chi connectivity index (χ3n) is 3.22. The van der Waals surface area contributed by atoms with Crippen molar-refractivity contribution < 1.29 is 18.7 Å². The molecule has 22 heavy (non-hydrogen) atoms. The lowest BCUT2D eigenvalue weighted by Gasteiger charge is -2.26. The van der Waals surface area contributed by atoms with E-state index in [1.807, 2.05) is 0 Å². The second kappa shape index (κ2) is 7.42. The van der Waals surface area contributed by atoms with Crippen molar-refractivity contribution in [3.05, 3.63) is 33.4 Å². The molecule has 1 amide bonds. The first-order chi connectivity index (χ1) is 10.6. The Morgan fingerprint density at radius 2 is 2.23 bits per heavy atom. The van der Waals surface area contributed by atoms with Gasteiger partial charge in [0.1, 0.15) is 12.0 Å². The Morgan fingerprint density at radius 3 is 2.82 bits per heavy atom. The van der Waals surface area contributed by atoms with E-state index in [1.165, 1.54) is 19.4 Å². The van der Waals surface area contributed by atoms with Crippen LogP contribution < -0.4 is 10.2 Å². The van der Waals surface area contributed by atoms with Gasteiger partial charge in [-0.2, -0.15) is 0 Å². The number of hydrogen-bond donors (Lipinski definition) is 0. The monoisotopic (exact) mass is 309 g/mol. The Hall–Kier alpha value is -2.60. The summed E-state index contributed by atoms with van der Waals surface area (Å²) in [5, 5.41) is 13.2. The Kier molecular flexibility index (Phi) is 5.32. The summed E-state index contributed by atoms with van der Waals surface area (Å²) < 4.78 is 15.2. The third-order valence-corrected chi connectivity index (χ3v) is 3.22. The molecular formula is C13H17N4O5+. The number of carbonyl (C=O) groups is 1. The fraction of sp³-hybridized carbons (Fsp3) is 0.538. The summed E-state index contributed by atoms with van der Waals surface area (Å²) in [5.41, 5.74) is -0.346. The molecule has 9 heteroatoms. The summed E-state index contributed by atoms with van der Waals surface area (Å²) in [7, 11) is 1.36. The molecule has 9 nitrogen and oxygen atoms in total. The van der Waals surface area contributed by atoms with Crippen molar-refractivity contribution in [3.8, 4) is 5.75 Å². The Morgan fingerprint density at radius 1 is 1.50 bits per heavy atom. The van der Waals surface area contributed by atoms with Gasteiger partial charge in [0.15, 0.2) is 13.1 Å². The van der Waals surface area contributed by atoms with Gasteiger partial charge >= 0.3 is 5.08 Å². The number of methoxy groups -OCH3 is 1. The quantitative estimate of drug-likeness (QED) is 0.560. The molecule has 2 heterocycles. The molecule has 0 saturated carbocycles. The maximum atomic E-state index is 12.1. The summed E-state index contributed by atoms with van der Waals surface area (Å²) in [6, 6.07) is 1.23. The molecule has 0 radical (unpaired) electrons. The molecule has 0 atom stereocenters. The van der Waals surface area contributed by atoms with Crippen molar-refractivity contribution in [2.24, 2.45) is 0 Å². The van der Waals surface area contributed by atoms with Crippen molar-refractivity contribution in [1.29, 1.82) is 5.39 Å². The molecule has 1 aromatic heterocycles. The number of nitrogens with zero attached hydrogens (tertiary/aromatic N) is 4. The highest BCUT2D eigenvalue weighted by Crippen LogP contribution is 2.09. The lowest BCUT2D eigenvalue weighted by Crippen LogP contribution is -2.44. The Balaban J connectivity index is 1.97. The van der Waals surface area contributed by atoms with E-state index >= 15 is 0 Å². The average Bonchev–Trinajstić information content (AvgIpc) is 2.55. The van der Waals surface area contributed by atoms with Gasteiger partial charge in [0.2, 0.25) is 17.1 Å². The number of morpholine rings is 1. The van der Waals surface area contributed by atoms with E-state index in [0.29, 0.717) is 26.3 Å². The number of amides is 1. The van der Waals surface area contributed by atoms with Crippen molar-refractivity contribution in [1.82, 2.24) is 9.91 Å². The van der Waals surface area contributed by atoms with Gasteiger partial charge in [0.05, 0.1) is 20.3 Å². The SMILES string of the molecule is COc1coc(CN(CC(=O)N2CCOCC2)[N+]#N)cc1=O. The highest BCUT2D eigenvalue weighted by Gasteiger charge is 2.25. The molecule has 0 spiro atoms. The molecule has 1 aromatic rings. The van der Waals surface area contributed by atoms with Crippen molar-refractivity contribution in [2.75, 3.05) is 40.0 Å². The first kappa shape index (κ1) is 15.8. The number of hydrogen-bond acceptors (Lipinski definition) is 7. The van der Waals surface area contributed by atoms with Crippen molar-refractivity contribution in [2.45, 2.75) is 6.54 Å². The maximum absolute atomic E-state index is 12.1. The van der Waals surface area contributed by atoms with Crippen LogP contribution in [0.3, 0.4) is 0 Å². The highest BCUT2D eigenvalue weighted by molar-refractivity contribution is 5.78. The smallest absolute Gasteiger partial charge is 0.306 e. The summed E-state index contributed by atoms with van der Waals surface area (Å²) in [4.78, 5) is 25.3. The number of carbonyl (C=O) groups excluding carboxylic acids is 1. The van der Waals surface area contributed by atoms with Crippen LogP contribution in [0.15, 0.2) is 21.5 Å². The van der Waals surface area contributed by atoms with Gasteiger partial charge in [0.25, 0.3) is 5.39 Å². The Bertz CT molecular complexity index is 618. The van der Waals surface area contributed by atoms with Crippen LogP contribution in [0.4, 0.5) is 0 Å². The van der Waals surface area contributed by atoms with Crippen LogP contribution in [-0.4, -0.2) is 55.8 Å². The topological polar surface area (TPSA) is 100 Å². The van der Waals surface area contributed by atoms with Crippen molar-refractivity contribution in [3.63, 3.8) is 0 Å². The molecule has 0 bridgehead atoms. The van der Waals surface area contributed by atoms with Gasteiger partial charge in [-0.3, -0.25) is 9.59 Å². The maximum Gasteiger partial charge on any atom is 0.306 e. The molecule has 0 unspecified atom stereocenters. The molecule has 0 aromatic carbocycles. The zero-order chi connectivity index (χ0) is 15.9. The molecule has 2 rings (SSSR count). The fourth-order valence-electron chi connectivity index (χ4n) is 2.04. The Labute approximate surface area is 126 Å². The van der Waals surface area contributed by atoms with Gasteiger partial charge < -0.3 is 18.8 Å². The minimum atomic E-state index is -0.346. The lowest BCUT2D eigenvalue weighted by molar-refractivity contribution is -0.136. The average molecular weight is 309 g/mol.